The lowest BCUT2D eigenvalue weighted by molar-refractivity contribution is -0.130. The Morgan fingerprint density at radius 1 is 1.35 bits per heavy atom. The van der Waals surface area contributed by atoms with E-state index in [4.69, 9.17) is 17.3 Å². The van der Waals surface area contributed by atoms with Crippen molar-refractivity contribution < 1.29 is 13.2 Å². The first-order valence-corrected chi connectivity index (χ1v) is 8.25. The molecule has 1 rings (SSSR count). The van der Waals surface area contributed by atoms with Crippen LogP contribution in [0.25, 0.3) is 0 Å². The van der Waals surface area contributed by atoms with Crippen LogP contribution in [0, 0.1) is 0 Å². The van der Waals surface area contributed by atoms with Crippen LogP contribution in [0.1, 0.15) is 20.8 Å². The Bertz CT molecular complexity index is 598. The van der Waals surface area contributed by atoms with Crippen LogP contribution in [0.3, 0.4) is 0 Å². The number of nitrogens with two attached hydrogens (primary N) is 1. The molecule has 0 spiro atoms. The van der Waals surface area contributed by atoms with Crippen molar-refractivity contribution in [3.05, 3.63) is 23.2 Å². The number of anilines is 1. The molecule has 112 valence electrons. The molecule has 1 atom stereocenters. The van der Waals surface area contributed by atoms with Crippen molar-refractivity contribution in [2.45, 2.75) is 30.9 Å². The topological polar surface area (TPSA) is 80.5 Å². The first-order chi connectivity index (χ1) is 9.25. The summed E-state index contributed by atoms with van der Waals surface area (Å²) in [4.78, 5) is 13.6. The van der Waals surface area contributed by atoms with Gasteiger partial charge in [-0.25, -0.2) is 8.42 Å². The summed E-state index contributed by atoms with van der Waals surface area (Å²) < 4.78 is 24.9. The molecule has 0 saturated carbocycles. The van der Waals surface area contributed by atoms with Gasteiger partial charge in [-0.3, -0.25) is 4.79 Å². The first-order valence-electron chi connectivity index (χ1n) is 6.33. The summed E-state index contributed by atoms with van der Waals surface area (Å²) in [6.45, 7) is 5.91. The van der Waals surface area contributed by atoms with Crippen molar-refractivity contribution >= 4 is 33.0 Å². The number of hydrogen-bond donors (Lipinski definition) is 1. The molecule has 5 nitrogen and oxygen atoms in total. The van der Waals surface area contributed by atoms with E-state index in [2.05, 4.69) is 0 Å². The molecule has 0 aromatic heterocycles. The van der Waals surface area contributed by atoms with Gasteiger partial charge in [-0.1, -0.05) is 11.6 Å². The maximum atomic E-state index is 12.5. The van der Waals surface area contributed by atoms with E-state index in [-0.39, 0.29) is 10.6 Å². The minimum atomic E-state index is -3.83. The average molecular weight is 319 g/mol. The van der Waals surface area contributed by atoms with Gasteiger partial charge in [0.05, 0.1) is 10.6 Å². The van der Waals surface area contributed by atoms with E-state index in [0.717, 1.165) is 0 Å². The number of carbonyl (C=O) groups excluding carboxylic acids is 1. The van der Waals surface area contributed by atoms with Gasteiger partial charge in [0.15, 0.2) is 9.84 Å². The lowest BCUT2D eigenvalue weighted by Gasteiger charge is -2.23. The molecule has 1 amide bonds. The van der Waals surface area contributed by atoms with Crippen LogP contribution in [0.5, 0.6) is 0 Å². The zero-order chi connectivity index (χ0) is 15.5. The number of nitrogen functional groups attached to an aromatic ring is 1. The molecule has 0 aliphatic rings. The van der Waals surface area contributed by atoms with Crippen LogP contribution in [-0.2, 0) is 14.6 Å². The van der Waals surface area contributed by atoms with Gasteiger partial charge >= 0.3 is 0 Å². The van der Waals surface area contributed by atoms with Crippen LogP contribution in [0.15, 0.2) is 23.1 Å². The van der Waals surface area contributed by atoms with Gasteiger partial charge in [0, 0.05) is 18.1 Å². The Hall–Kier alpha value is -1.27. The highest BCUT2D eigenvalue weighted by atomic mass is 35.5. The van der Waals surface area contributed by atoms with Crippen molar-refractivity contribution in [2.75, 3.05) is 18.8 Å². The highest BCUT2D eigenvalue weighted by Gasteiger charge is 2.33. The molecule has 2 N–H and O–H groups in total. The summed E-state index contributed by atoms with van der Waals surface area (Å²) in [7, 11) is -3.83. The summed E-state index contributed by atoms with van der Waals surface area (Å²) in [5.74, 6) is -0.427. The molecule has 0 fully saturated rings. The van der Waals surface area contributed by atoms with Crippen molar-refractivity contribution in [1.82, 2.24) is 4.90 Å². The van der Waals surface area contributed by atoms with Gasteiger partial charge in [0.1, 0.15) is 5.25 Å². The summed E-state index contributed by atoms with van der Waals surface area (Å²) in [6, 6.07) is 4.14. The molecule has 1 aromatic rings. The molecule has 0 heterocycles. The van der Waals surface area contributed by atoms with Crippen molar-refractivity contribution in [1.29, 1.82) is 0 Å². The standard InChI is InChI=1S/C13H19ClN2O3S/c1-4-16(5-2)13(17)9(3)20(18,19)12-7-6-10(14)8-11(12)15/h6-9H,4-5,15H2,1-3H3. The van der Waals surface area contributed by atoms with Crippen molar-refractivity contribution in [3.8, 4) is 0 Å². The van der Waals surface area contributed by atoms with E-state index >= 15 is 0 Å². The summed E-state index contributed by atoms with van der Waals surface area (Å²) in [5, 5.41) is -0.824. The molecular weight excluding hydrogens is 300 g/mol. The molecule has 0 bridgehead atoms. The minimum Gasteiger partial charge on any atom is -0.398 e. The van der Waals surface area contributed by atoms with E-state index in [0.29, 0.717) is 18.1 Å². The number of halogens is 1. The predicted molar refractivity (Wildman–Crippen MR) is 80.4 cm³/mol. The third-order valence-corrected chi connectivity index (χ3v) is 5.52. The Balaban J connectivity index is 3.19. The molecule has 20 heavy (non-hydrogen) atoms. The fourth-order valence-corrected chi connectivity index (χ4v) is 3.52. The molecular formula is C13H19ClN2O3S. The number of sulfone groups is 1. The van der Waals surface area contributed by atoms with Crippen molar-refractivity contribution in [2.24, 2.45) is 0 Å². The molecule has 0 aliphatic heterocycles. The average Bonchev–Trinajstić information content (AvgIpc) is 2.38. The van der Waals surface area contributed by atoms with E-state index < -0.39 is 21.0 Å². The molecule has 0 radical (unpaired) electrons. The normalized spacial score (nSPS) is 13.0. The van der Waals surface area contributed by atoms with Crippen LogP contribution in [0.2, 0.25) is 5.02 Å². The Morgan fingerprint density at radius 2 is 1.90 bits per heavy atom. The number of benzene rings is 1. The monoisotopic (exact) mass is 318 g/mol. The zero-order valence-corrected chi connectivity index (χ0v) is 13.3. The fourth-order valence-electron chi connectivity index (χ4n) is 1.89. The summed E-state index contributed by atoms with van der Waals surface area (Å²) >= 11 is 5.75. The van der Waals surface area contributed by atoms with E-state index in [1.807, 2.05) is 0 Å². The van der Waals surface area contributed by atoms with Gasteiger partial charge in [-0.15, -0.1) is 0 Å². The second-order valence-electron chi connectivity index (χ2n) is 4.38. The second-order valence-corrected chi connectivity index (χ2v) is 7.05. The Morgan fingerprint density at radius 3 is 2.35 bits per heavy atom. The number of amides is 1. The van der Waals surface area contributed by atoms with Crippen LogP contribution in [0.4, 0.5) is 5.69 Å². The van der Waals surface area contributed by atoms with Gasteiger partial charge in [-0.2, -0.15) is 0 Å². The van der Waals surface area contributed by atoms with E-state index in [1.165, 1.54) is 30.0 Å². The van der Waals surface area contributed by atoms with Crippen LogP contribution < -0.4 is 5.73 Å². The van der Waals surface area contributed by atoms with Gasteiger partial charge in [0.25, 0.3) is 0 Å². The van der Waals surface area contributed by atoms with E-state index in [9.17, 15) is 13.2 Å². The SMILES string of the molecule is CCN(CC)C(=O)C(C)S(=O)(=O)c1ccc(Cl)cc1N. The number of carbonyl (C=O) groups is 1. The fraction of sp³-hybridized carbons (Fsp3) is 0.462. The molecule has 0 aliphatic carbocycles. The third kappa shape index (κ3) is 3.24. The quantitative estimate of drug-likeness (QED) is 0.841. The van der Waals surface area contributed by atoms with Crippen molar-refractivity contribution in [3.63, 3.8) is 0 Å². The molecule has 0 saturated heterocycles. The predicted octanol–water partition coefficient (Wildman–Crippen LogP) is 1.95. The highest BCUT2D eigenvalue weighted by molar-refractivity contribution is 7.93. The van der Waals surface area contributed by atoms with Gasteiger partial charge in [0.2, 0.25) is 5.91 Å². The number of rotatable bonds is 5. The maximum Gasteiger partial charge on any atom is 0.240 e. The minimum absolute atomic E-state index is 0.0525. The second kappa shape index (κ2) is 6.45. The van der Waals surface area contributed by atoms with Crippen LogP contribution in [-0.4, -0.2) is 37.6 Å². The molecule has 1 aromatic carbocycles. The largest absolute Gasteiger partial charge is 0.398 e. The lowest BCUT2D eigenvalue weighted by atomic mass is 10.3. The van der Waals surface area contributed by atoms with Crippen LogP contribution >= 0.6 is 11.6 Å². The number of nitrogens with zero attached hydrogens (tertiary/aromatic N) is 1. The third-order valence-electron chi connectivity index (χ3n) is 3.17. The summed E-state index contributed by atoms with van der Waals surface area (Å²) in [5.41, 5.74) is 5.75. The Labute approximate surface area is 124 Å². The highest BCUT2D eigenvalue weighted by Crippen LogP contribution is 2.26. The first kappa shape index (κ1) is 16.8. The molecule has 7 heteroatoms. The van der Waals surface area contributed by atoms with Gasteiger partial charge < -0.3 is 10.6 Å². The maximum absolute atomic E-state index is 12.5. The summed E-state index contributed by atoms with van der Waals surface area (Å²) in [6.07, 6.45) is 0. The Kier molecular flexibility index (Phi) is 5.42. The van der Waals surface area contributed by atoms with E-state index in [1.54, 1.807) is 13.8 Å². The smallest absolute Gasteiger partial charge is 0.240 e. The zero-order valence-electron chi connectivity index (χ0n) is 11.8. The lowest BCUT2D eigenvalue weighted by Crippen LogP contribution is -2.41. The van der Waals surface area contributed by atoms with Gasteiger partial charge in [-0.05, 0) is 39.0 Å². The number of hydrogen-bond acceptors (Lipinski definition) is 4. The molecule has 1 unspecified atom stereocenters.